The van der Waals surface area contributed by atoms with E-state index in [-0.39, 0.29) is 30.1 Å². The summed E-state index contributed by atoms with van der Waals surface area (Å²) in [7, 11) is 0. The van der Waals surface area contributed by atoms with E-state index in [0.717, 1.165) is 11.8 Å². The van der Waals surface area contributed by atoms with Crippen molar-refractivity contribution in [1.82, 2.24) is 10.6 Å². The minimum Gasteiger partial charge on any atom is -0.374 e. The van der Waals surface area contributed by atoms with E-state index in [2.05, 4.69) is 10.6 Å². The number of rotatable bonds is 8. The molecule has 0 saturated carbocycles. The Morgan fingerprint density at radius 2 is 1.94 bits per heavy atom. The molecular weight excluding hydrogens is 244 g/mol. The molecule has 2 amide bonds. The first-order chi connectivity index (χ1) is 8.06. The van der Waals surface area contributed by atoms with Crippen molar-refractivity contribution in [3.63, 3.8) is 0 Å². The molecular formula is C10H18N2O4S. The van der Waals surface area contributed by atoms with Gasteiger partial charge in [-0.1, -0.05) is 11.8 Å². The molecule has 0 atom stereocenters. The molecule has 0 spiro atoms. The number of carbonyl (C=O) groups is 3. The second-order valence-electron chi connectivity index (χ2n) is 3.30. The van der Waals surface area contributed by atoms with Crippen LogP contribution in [0.3, 0.4) is 0 Å². The third kappa shape index (κ3) is 11.2. The van der Waals surface area contributed by atoms with E-state index in [9.17, 15) is 14.4 Å². The summed E-state index contributed by atoms with van der Waals surface area (Å²) in [5.74, 6) is -0.257. The first-order valence-electron chi connectivity index (χ1n) is 5.22. The highest BCUT2D eigenvalue weighted by atomic mass is 32.2. The van der Waals surface area contributed by atoms with Gasteiger partial charge in [0.2, 0.25) is 5.91 Å². The van der Waals surface area contributed by atoms with Crippen LogP contribution in [0.2, 0.25) is 0 Å². The van der Waals surface area contributed by atoms with Crippen molar-refractivity contribution in [2.75, 3.05) is 32.6 Å². The molecule has 0 aliphatic heterocycles. The van der Waals surface area contributed by atoms with Gasteiger partial charge in [-0.05, 0) is 19.6 Å². The maximum absolute atomic E-state index is 11.2. The van der Waals surface area contributed by atoms with E-state index in [4.69, 9.17) is 4.74 Å². The molecule has 0 bridgehead atoms. The summed E-state index contributed by atoms with van der Waals surface area (Å²) in [5.41, 5.74) is 0. The fourth-order valence-electron chi connectivity index (χ4n) is 0.905. The molecule has 0 fully saturated rings. The maximum atomic E-state index is 11.2. The Morgan fingerprint density at radius 3 is 2.53 bits per heavy atom. The Bertz CT molecular complexity index is 271. The van der Waals surface area contributed by atoms with Gasteiger partial charge in [-0.3, -0.25) is 14.4 Å². The summed E-state index contributed by atoms with van der Waals surface area (Å²) in [6.45, 7) is 2.44. The van der Waals surface area contributed by atoms with Gasteiger partial charge >= 0.3 is 0 Å². The van der Waals surface area contributed by atoms with E-state index in [0.29, 0.717) is 19.6 Å². The number of nitrogens with one attached hydrogen (secondary N) is 2. The highest BCUT2D eigenvalue weighted by Crippen LogP contribution is 1.90. The largest absolute Gasteiger partial charge is 0.374 e. The van der Waals surface area contributed by atoms with Crippen molar-refractivity contribution in [3.8, 4) is 0 Å². The van der Waals surface area contributed by atoms with Crippen LogP contribution in [-0.4, -0.2) is 49.5 Å². The molecule has 17 heavy (non-hydrogen) atoms. The minimum absolute atomic E-state index is 0.0196. The summed E-state index contributed by atoms with van der Waals surface area (Å²) in [6, 6.07) is 0. The Labute approximate surface area is 105 Å². The van der Waals surface area contributed by atoms with E-state index in [1.54, 1.807) is 6.26 Å². The molecule has 2 N–H and O–H groups in total. The predicted octanol–water partition coefficient (Wildman–Crippen LogP) is 0.171. The molecule has 0 unspecified atom stereocenters. The van der Waals surface area contributed by atoms with Crippen LogP contribution in [0.25, 0.3) is 0 Å². The summed E-state index contributed by atoms with van der Waals surface area (Å²) >= 11 is 1.02. The lowest BCUT2D eigenvalue weighted by Crippen LogP contribution is -2.36. The third-order valence-corrected chi connectivity index (χ3v) is 2.19. The van der Waals surface area contributed by atoms with Crippen molar-refractivity contribution in [3.05, 3.63) is 0 Å². The number of amides is 2. The SMILES string of the molecule is CSC(=O)NCC(=O)NCCCOCC(C)=O. The molecule has 98 valence electrons. The highest BCUT2D eigenvalue weighted by Gasteiger charge is 2.03. The van der Waals surface area contributed by atoms with Crippen LogP contribution in [0.15, 0.2) is 0 Å². The van der Waals surface area contributed by atoms with E-state index < -0.39 is 0 Å². The molecule has 7 heteroatoms. The molecule has 0 aromatic rings. The summed E-state index contributed by atoms with van der Waals surface area (Å²) in [4.78, 5) is 32.5. The average molecular weight is 262 g/mol. The molecule has 0 saturated heterocycles. The topological polar surface area (TPSA) is 84.5 Å². The fourth-order valence-corrected chi connectivity index (χ4v) is 1.12. The van der Waals surface area contributed by atoms with E-state index >= 15 is 0 Å². The van der Waals surface area contributed by atoms with E-state index in [1.165, 1.54) is 6.92 Å². The molecule has 0 rings (SSSR count). The molecule has 0 aromatic carbocycles. The first-order valence-corrected chi connectivity index (χ1v) is 6.44. The van der Waals surface area contributed by atoms with Gasteiger partial charge in [0.05, 0.1) is 6.54 Å². The van der Waals surface area contributed by atoms with Crippen LogP contribution in [0.1, 0.15) is 13.3 Å². The molecule has 0 heterocycles. The normalized spacial score (nSPS) is 9.76. The van der Waals surface area contributed by atoms with Gasteiger partial charge in [0.15, 0.2) is 5.78 Å². The quantitative estimate of drug-likeness (QED) is 0.609. The Hall–Kier alpha value is -1.08. The number of Topliss-reactive ketones (excluding diaryl/α,β-unsaturated/α-hetero) is 1. The number of ketones is 1. The summed E-state index contributed by atoms with van der Waals surface area (Å²) < 4.78 is 5.02. The van der Waals surface area contributed by atoms with Crippen molar-refractivity contribution < 1.29 is 19.1 Å². The van der Waals surface area contributed by atoms with Crippen molar-refractivity contribution in [2.45, 2.75) is 13.3 Å². The smallest absolute Gasteiger partial charge is 0.279 e. The number of hydrogen-bond donors (Lipinski definition) is 2. The zero-order valence-electron chi connectivity index (χ0n) is 10.1. The number of ether oxygens (including phenoxy) is 1. The Balaban J connectivity index is 3.33. The van der Waals surface area contributed by atoms with Crippen LogP contribution in [-0.2, 0) is 14.3 Å². The second kappa shape index (κ2) is 10.1. The van der Waals surface area contributed by atoms with Gasteiger partial charge in [-0.2, -0.15) is 0 Å². The average Bonchev–Trinajstić information content (AvgIpc) is 2.30. The number of thioether (sulfide) groups is 1. The molecule has 6 nitrogen and oxygen atoms in total. The number of carbonyl (C=O) groups excluding carboxylic acids is 3. The summed E-state index contributed by atoms with van der Waals surface area (Å²) in [6.07, 6.45) is 2.27. The van der Waals surface area contributed by atoms with Gasteiger partial charge in [-0.15, -0.1) is 0 Å². The van der Waals surface area contributed by atoms with E-state index in [1.807, 2.05) is 0 Å². The van der Waals surface area contributed by atoms with Crippen LogP contribution >= 0.6 is 11.8 Å². The monoisotopic (exact) mass is 262 g/mol. The highest BCUT2D eigenvalue weighted by molar-refractivity contribution is 8.12. The van der Waals surface area contributed by atoms with Crippen LogP contribution in [0.4, 0.5) is 4.79 Å². The number of hydrogen-bond acceptors (Lipinski definition) is 5. The lowest BCUT2D eigenvalue weighted by atomic mass is 10.4. The molecule has 0 aliphatic rings. The maximum Gasteiger partial charge on any atom is 0.279 e. The zero-order chi connectivity index (χ0) is 13.1. The molecule has 0 aromatic heterocycles. The fraction of sp³-hybridized carbons (Fsp3) is 0.700. The molecule has 0 aliphatic carbocycles. The first kappa shape index (κ1) is 15.9. The van der Waals surface area contributed by atoms with Crippen molar-refractivity contribution in [1.29, 1.82) is 0 Å². The van der Waals surface area contributed by atoms with Crippen molar-refractivity contribution >= 4 is 28.7 Å². The lowest BCUT2D eigenvalue weighted by Gasteiger charge is -2.06. The third-order valence-electron chi connectivity index (χ3n) is 1.67. The van der Waals surface area contributed by atoms with Gasteiger partial charge in [-0.25, -0.2) is 0 Å². The van der Waals surface area contributed by atoms with Gasteiger partial charge in [0, 0.05) is 13.2 Å². The Kier molecular flexibility index (Phi) is 9.46. The zero-order valence-corrected chi connectivity index (χ0v) is 10.9. The van der Waals surface area contributed by atoms with Gasteiger partial charge in [0.1, 0.15) is 6.61 Å². The predicted molar refractivity (Wildman–Crippen MR) is 66.0 cm³/mol. The van der Waals surface area contributed by atoms with Crippen molar-refractivity contribution in [2.24, 2.45) is 0 Å². The Morgan fingerprint density at radius 1 is 1.24 bits per heavy atom. The second-order valence-corrected chi connectivity index (χ2v) is 4.08. The minimum atomic E-state index is -0.237. The van der Waals surface area contributed by atoms with Crippen LogP contribution in [0.5, 0.6) is 0 Å². The summed E-state index contributed by atoms with van der Waals surface area (Å²) in [5, 5.41) is 4.83. The van der Waals surface area contributed by atoms with Gasteiger partial charge in [0.25, 0.3) is 5.24 Å². The molecule has 0 radical (unpaired) electrons. The van der Waals surface area contributed by atoms with Crippen LogP contribution < -0.4 is 10.6 Å². The van der Waals surface area contributed by atoms with Crippen LogP contribution in [0, 0.1) is 0 Å². The van der Waals surface area contributed by atoms with Gasteiger partial charge < -0.3 is 15.4 Å². The lowest BCUT2D eigenvalue weighted by molar-refractivity contribution is -0.122. The standard InChI is InChI=1S/C10H18N2O4S/c1-8(13)7-16-5-3-4-11-9(14)6-12-10(15)17-2/h3-7H2,1-2H3,(H,11,14)(H,12,15).